The average molecular weight is 428 g/mol. The molecule has 0 spiro atoms. The molecule has 1 unspecified atom stereocenters. The Hall–Kier alpha value is -3.29. The fraction of sp³-hybridized carbons (Fsp3) is 0.391. The summed E-state index contributed by atoms with van der Waals surface area (Å²) in [7, 11) is 0. The number of hydrogen-bond acceptors (Lipinski definition) is 4. The van der Waals surface area contributed by atoms with Gasteiger partial charge in [-0.1, -0.05) is 0 Å². The van der Waals surface area contributed by atoms with E-state index in [9.17, 15) is 14.3 Å². The molecule has 0 saturated carbocycles. The number of anilines is 2. The number of benzene rings is 2. The van der Waals surface area contributed by atoms with Crippen LogP contribution >= 0.6 is 0 Å². The quantitative estimate of drug-likeness (QED) is 0.323. The molecule has 2 aromatic carbocycles. The Morgan fingerprint density at radius 2 is 2.03 bits per heavy atom. The number of aromatic hydroxyl groups is 1. The minimum Gasteiger partial charge on any atom is -0.508 e. The minimum atomic E-state index is -0.241. The number of aryl methyl sites for hydroxylation is 1. The number of nitrogens with one attached hydrogen (secondary N) is 3. The monoisotopic (exact) mass is 427 g/mol. The number of carbonyl (C=O) groups excluding carboxylic acids is 1. The third-order valence-electron chi connectivity index (χ3n) is 5.14. The van der Waals surface area contributed by atoms with Crippen molar-refractivity contribution in [2.24, 2.45) is 4.99 Å². The van der Waals surface area contributed by atoms with Gasteiger partial charge in [0.1, 0.15) is 18.1 Å². The Kier molecular flexibility index (Phi) is 7.70. The Bertz CT molecular complexity index is 917. The molecule has 3 rings (SSSR count). The molecule has 1 aliphatic heterocycles. The topological polar surface area (TPSA) is 89.0 Å². The zero-order chi connectivity index (χ0) is 22.2. The van der Waals surface area contributed by atoms with E-state index in [4.69, 9.17) is 0 Å². The van der Waals surface area contributed by atoms with Crippen molar-refractivity contribution in [1.29, 1.82) is 0 Å². The molecule has 2 aromatic rings. The zero-order valence-electron chi connectivity index (χ0n) is 18.0. The van der Waals surface area contributed by atoms with Gasteiger partial charge in [0.2, 0.25) is 5.91 Å². The first kappa shape index (κ1) is 22.4. The first-order valence-corrected chi connectivity index (χ1v) is 10.6. The number of guanidine groups is 1. The van der Waals surface area contributed by atoms with Gasteiger partial charge in [0.25, 0.3) is 0 Å². The summed E-state index contributed by atoms with van der Waals surface area (Å²) >= 11 is 0. The number of phenolic OH excluding ortho intramolecular Hbond substituents is 1. The van der Waals surface area contributed by atoms with Gasteiger partial charge < -0.3 is 26.0 Å². The van der Waals surface area contributed by atoms with Gasteiger partial charge in [-0.05, 0) is 74.7 Å². The highest BCUT2D eigenvalue weighted by Crippen LogP contribution is 2.24. The van der Waals surface area contributed by atoms with Crippen LogP contribution in [0.3, 0.4) is 0 Å². The predicted molar refractivity (Wildman–Crippen MR) is 122 cm³/mol. The van der Waals surface area contributed by atoms with Crippen molar-refractivity contribution in [3.63, 3.8) is 0 Å². The highest BCUT2D eigenvalue weighted by Gasteiger charge is 2.22. The van der Waals surface area contributed by atoms with Gasteiger partial charge in [-0.15, -0.1) is 0 Å². The highest BCUT2D eigenvalue weighted by molar-refractivity contribution is 5.94. The molecule has 0 aliphatic carbocycles. The van der Waals surface area contributed by atoms with Crippen LogP contribution in [0.5, 0.6) is 5.75 Å². The van der Waals surface area contributed by atoms with Gasteiger partial charge in [-0.25, -0.2) is 9.38 Å². The lowest BCUT2D eigenvalue weighted by molar-refractivity contribution is -0.114. The minimum absolute atomic E-state index is 0.0241. The number of rotatable bonds is 6. The molecule has 8 heteroatoms. The Balaban J connectivity index is 1.59. The van der Waals surface area contributed by atoms with E-state index in [1.165, 1.54) is 18.2 Å². The van der Waals surface area contributed by atoms with Crippen LogP contribution in [0.1, 0.15) is 25.3 Å². The second kappa shape index (κ2) is 10.7. The van der Waals surface area contributed by atoms with E-state index in [1.54, 1.807) is 18.2 Å². The fourth-order valence-corrected chi connectivity index (χ4v) is 3.70. The smallest absolute Gasteiger partial charge is 0.246 e. The van der Waals surface area contributed by atoms with Crippen LogP contribution in [0.4, 0.5) is 15.8 Å². The maximum absolute atomic E-state index is 13.5. The summed E-state index contributed by atoms with van der Waals surface area (Å²) in [5.41, 5.74) is 2.57. The molecule has 1 amide bonds. The highest BCUT2D eigenvalue weighted by atomic mass is 19.1. The van der Waals surface area contributed by atoms with Gasteiger partial charge >= 0.3 is 0 Å². The van der Waals surface area contributed by atoms with Crippen LogP contribution in [0.2, 0.25) is 0 Å². The number of phenols is 1. The van der Waals surface area contributed by atoms with Crippen LogP contribution in [-0.2, 0) is 4.79 Å². The first-order chi connectivity index (χ1) is 14.9. The summed E-state index contributed by atoms with van der Waals surface area (Å²) in [4.78, 5) is 18.9. The second-order valence-electron chi connectivity index (χ2n) is 7.65. The number of carbonyl (C=O) groups is 1. The maximum Gasteiger partial charge on any atom is 0.246 e. The number of nitrogens with zero attached hydrogens (tertiary/aromatic N) is 2. The average Bonchev–Trinajstić information content (AvgIpc) is 2.74. The number of hydrogen-bond donors (Lipinski definition) is 4. The normalized spacial score (nSPS) is 16.7. The first-order valence-electron chi connectivity index (χ1n) is 10.6. The molecule has 31 heavy (non-hydrogen) atoms. The summed E-state index contributed by atoms with van der Waals surface area (Å²) in [5.74, 6) is 0.272. The molecule has 7 nitrogen and oxygen atoms in total. The molecule has 4 N–H and O–H groups in total. The van der Waals surface area contributed by atoms with Gasteiger partial charge in [0.15, 0.2) is 5.96 Å². The standard InChI is InChI=1S/C23H30FN5O2/c1-3-25-23(26-14-22(31)27-18-7-9-20(30)10-8-18)28-19-5-4-12-29(15-19)21-11-6-17(24)13-16(21)2/h6-11,13,19,30H,3-5,12,14-15H2,1-2H3,(H,27,31)(H2,25,26,28). The molecule has 1 saturated heterocycles. The van der Waals surface area contributed by atoms with Crippen LogP contribution in [0, 0.1) is 12.7 Å². The third-order valence-corrected chi connectivity index (χ3v) is 5.14. The Labute approximate surface area is 182 Å². The van der Waals surface area contributed by atoms with Gasteiger partial charge in [-0.3, -0.25) is 4.79 Å². The summed E-state index contributed by atoms with van der Waals surface area (Å²) in [6.07, 6.45) is 2.00. The van der Waals surface area contributed by atoms with Gasteiger partial charge in [0.05, 0.1) is 0 Å². The molecule has 166 valence electrons. The molecule has 0 bridgehead atoms. The lowest BCUT2D eigenvalue weighted by Crippen LogP contribution is -2.51. The Morgan fingerprint density at radius 3 is 2.74 bits per heavy atom. The SMILES string of the molecule is CCNC(=NCC(=O)Nc1ccc(O)cc1)NC1CCCN(c2ccc(F)cc2C)C1. The number of amides is 1. The van der Waals surface area contributed by atoms with E-state index in [-0.39, 0.29) is 30.1 Å². The lowest BCUT2D eigenvalue weighted by atomic mass is 10.0. The van der Waals surface area contributed by atoms with Crippen LogP contribution in [-0.4, -0.2) is 49.2 Å². The van der Waals surface area contributed by atoms with Crippen molar-refractivity contribution in [2.75, 3.05) is 36.4 Å². The Morgan fingerprint density at radius 1 is 1.26 bits per heavy atom. The molecule has 1 heterocycles. The van der Waals surface area contributed by atoms with Gasteiger partial charge in [-0.2, -0.15) is 0 Å². The second-order valence-corrected chi connectivity index (χ2v) is 7.65. The van der Waals surface area contributed by atoms with Gasteiger partial charge in [0, 0.05) is 37.1 Å². The van der Waals surface area contributed by atoms with E-state index in [1.807, 2.05) is 19.9 Å². The molecular formula is C23H30FN5O2. The van der Waals surface area contributed by atoms with Crippen molar-refractivity contribution in [3.8, 4) is 5.75 Å². The van der Waals surface area contributed by atoms with Crippen LogP contribution in [0.15, 0.2) is 47.5 Å². The van der Waals surface area contributed by atoms with Crippen molar-refractivity contribution < 1.29 is 14.3 Å². The lowest BCUT2D eigenvalue weighted by Gasteiger charge is -2.36. The largest absolute Gasteiger partial charge is 0.508 e. The number of aliphatic imine (C=N–C) groups is 1. The summed E-state index contributed by atoms with van der Waals surface area (Å²) in [6, 6.07) is 11.4. The molecule has 1 atom stereocenters. The summed E-state index contributed by atoms with van der Waals surface area (Å²) < 4.78 is 13.5. The van der Waals surface area contributed by atoms with E-state index >= 15 is 0 Å². The molecular weight excluding hydrogens is 397 g/mol. The zero-order valence-corrected chi connectivity index (χ0v) is 18.0. The maximum atomic E-state index is 13.5. The van der Waals surface area contributed by atoms with Crippen molar-refractivity contribution in [2.45, 2.75) is 32.7 Å². The van der Waals surface area contributed by atoms with E-state index in [0.29, 0.717) is 18.2 Å². The summed E-state index contributed by atoms with van der Waals surface area (Å²) in [5, 5.41) is 18.7. The van der Waals surface area contributed by atoms with Crippen molar-refractivity contribution in [3.05, 3.63) is 53.8 Å². The molecule has 0 aromatic heterocycles. The van der Waals surface area contributed by atoms with Crippen molar-refractivity contribution >= 4 is 23.2 Å². The fourth-order valence-electron chi connectivity index (χ4n) is 3.70. The predicted octanol–water partition coefficient (Wildman–Crippen LogP) is 3.00. The molecule has 1 aliphatic rings. The molecule has 1 fully saturated rings. The van der Waals surface area contributed by atoms with E-state index in [0.717, 1.165) is 37.2 Å². The number of piperidine rings is 1. The molecule has 0 radical (unpaired) electrons. The van der Waals surface area contributed by atoms with E-state index < -0.39 is 0 Å². The third kappa shape index (κ3) is 6.60. The van der Waals surface area contributed by atoms with Crippen LogP contribution in [0.25, 0.3) is 0 Å². The van der Waals surface area contributed by atoms with Crippen LogP contribution < -0.4 is 20.9 Å². The van der Waals surface area contributed by atoms with E-state index in [2.05, 4.69) is 25.8 Å². The number of halogens is 1. The van der Waals surface area contributed by atoms with Crippen molar-refractivity contribution in [1.82, 2.24) is 10.6 Å². The summed E-state index contributed by atoms with van der Waals surface area (Å²) in [6.45, 7) is 6.25.